The van der Waals surface area contributed by atoms with Crippen molar-refractivity contribution in [2.24, 2.45) is 0 Å². The summed E-state index contributed by atoms with van der Waals surface area (Å²) < 4.78 is 0. The predicted molar refractivity (Wildman–Crippen MR) is 255 cm³/mol. The van der Waals surface area contributed by atoms with E-state index in [0.717, 1.165) is 22.7 Å². The number of para-hydroxylation sites is 4. The molecule has 0 bridgehead atoms. The number of fused-ring (bicyclic) bond motifs is 10. The van der Waals surface area contributed by atoms with Crippen molar-refractivity contribution in [1.29, 1.82) is 0 Å². The van der Waals surface area contributed by atoms with E-state index in [4.69, 9.17) is 0 Å². The molecule has 10 aromatic rings. The van der Waals surface area contributed by atoms with Crippen LogP contribution in [-0.4, -0.2) is 0 Å². The average Bonchev–Trinajstić information content (AvgIpc) is 3.64. The van der Waals surface area contributed by atoms with Crippen LogP contribution in [0.5, 0.6) is 0 Å². The molecule has 0 N–H and O–H groups in total. The third-order valence-corrected chi connectivity index (χ3v) is 12.9. The summed E-state index contributed by atoms with van der Waals surface area (Å²) in [4.78, 5) is 4.98. The first-order chi connectivity index (χ1) is 30.3. The van der Waals surface area contributed by atoms with E-state index < -0.39 is 5.41 Å². The van der Waals surface area contributed by atoms with Crippen LogP contribution < -0.4 is 9.80 Å². The molecule has 10 aromatic carbocycles. The van der Waals surface area contributed by atoms with Gasteiger partial charge in [0.2, 0.25) is 0 Å². The largest absolute Gasteiger partial charge is 0.310 e. The number of hydrogen-bond acceptors (Lipinski definition) is 2. The van der Waals surface area contributed by atoms with Gasteiger partial charge < -0.3 is 9.80 Å². The summed E-state index contributed by atoms with van der Waals surface area (Å²) in [6.07, 6.45) is 0. The summed E-state index contributed by atoms with van der Waals surface area (Å²) in [5, 5.41) is 2.40. The molecular weight excluding hydrogens is 737 g/mol. The third kappa shape index (κ3) is 5.29. The average molecular weight is 777 g/mol. The van der Waals surface area contributed by atoms with Crippen LogP contribution in [0.3, 0.4) is 0 Å². The predicted octanol–water partition coefficient (Wildman–Crippen LogP) is 15.8. The molecule has 1 aliphatic carbocycles. The van der Waals surface area contributed by atoms with Crippen molar-refractivity contribution in [3.63, 3.8) is 0 Å². The van der Waals surface area contributed by atoms with Gasteiger partial charge in [0.05, 0.1) is 33.9 Å². The molecule has 0 amide bonds. The normalized spacial score (nSPS) is 13.0. The number of rotatable bonds is 6. The van der Waals surface area contributed by atoms with Gasteiger partial charge in [0.1, 0.15) is 0 Å². The van der Waals surface area contributed by atoms with E-state index in [9.17, 15) is 0 Å². The molecule has 2 heteroatoms. The van der Waals surface area contributed by atoms with Crippen LogP contribution >= 0.6 is 0 Å². The molecule has 2 nitrogen and oxygen atoms in total. The lowest BCUT2D eigenvalue weighted by molar-refractivity contribution is 0.752. The van der Waals surface area contributed by atoms with Crippen LogP contribution in [0.1, 0.15) is 22.3 Å². The van der Waals surface area contributed by atoms with Crippen LogP contribution in [0, 0.1) is 0 Å². The van der Waals surface area contributed by atoms with Gasteiger partial charge in [0.25, 0.3) is 0 Å². The minimum Gasteiger partial charge on any atom is -0.310 e. The second-order valence-electron chi connectivity index (χ2n) is 16.0. The van der Waals surface area contributed by atoms with Crippen LogP contribution in [0.2, 0.25) is 0 Å². The second-order valence-corrected chi connectivity index (χ2v) is 16.0. The van der Waals surface area contributed by atoms with E-state index in [0.29, 0.717) is 0 Å². The van der Waals surface area contributed by atoms with Crippen molar-refractivity contribution in [1.82, 2.24) is 0 Å². The lowest BCUT2D eigenvalue weighted by atomic mass is 9.64. The fourth-order valence-electron chi connectivity index (χ4n) is 10.4. The topological polar surface area (TPSA) is 6.48 Å². The zero-order valence-electron chi connectivity index (χ0n) is 33.5. The van der Waals surface area contributed by atoms with Gasteiger partial charge in [-0.3, -0.25) is 0 Å². The van der Waals surface area contributed by atoms with E-state index in [1.807, 2.05) is 0 Å². The van der Waals surface area contributed by atoms with E-state index in [1.165, 1.54) is 77.8 Å². The Hall–Kier alpha value is -7.94. The molecule has 61 heavy (non-hydrogen) atoms. The lowest BCUT2D eigenvalue weighted by Gasteiger charge is -2.45. The number of anilines is 6. The lowest BCUT2D eigenvalue weighted by Crippen LogP contribution is -2.36. The van der Waals surface area contributed by atoms with Gasteiger partial charge in [-0.25, -0.2) is 0 Å². The molecular formula is C59H40N2. The van der Waals surface area contributed by atoms with Crippen LogP contribution in [0.15, 0.2) is 243 Å². The summed E-state index contributed by atoms with van der Waals surface area (Å²) in [7, 11) is 0. The quantitative estimate of drug-likeness (QED) is 0.166. The Bertz CT molecular complexity index is 3210. The maximum Gasteiger partial charge on any atom is 0.0755 e. The molecule has 1 aliphatic heterocycles. The van der Waals surface area contributed by atoms with Gasteiger partial charge in [0, 0.05) is 22.2 Å². The molecule has 0 saturated heterocycles. The molecule has 1 spiro atoms. The summed E-state index contributed by atoms with van der Waals surface area (Å²) in [6.45, 7) is 0. The van der Waals surface area contributed by atoms with Gasteiger partial charge >= 0.3 is 0 Å². The molecule has 0 unspecified atom stereocenters. The molecule has 12 rings (SSSR count). The van der Waals surface area contributed by atoms with Crippen molar-refractivity contribution < 1.29 is 0 Å². The van der Waals surface area contributed by atoms with Gasteiger partial charge in [-0.05, 0) is 92.4 Å². The summed E-state index contributed by atoms with van der Waals surface area (Å²) in [5.74, 6) is 0. The number of benzene rings is 10. The molecule has 0 saturated carbocycles. The fourth-order valence-corrected chi connectivity index (χ4v) is 10.4. The Morgan fingerprint density at radius 1 is 0.311 bits per heavy atom. The van der Waals surface area contributed by atoms with Crippen LogP contribution in [-0.2, 0) is 5.41 Å². The zero-order chi connectivity index (χ0) is 40.3. The van der Waals surface area contributed by atoms with Crippen molar-refractivity contribution >= 4 is 44.9 Å². The Morgan fingerprint density at radius 3 is 1.56 bits per heavy atom. The molecule has 0 atom stereocenters. The van der Waals surface area contributed by atoms with Gasteiger partial charge in [-0.1, -0.05) is 200 Å². The highest BCUT2D eigenvalue weighted by Gasteiger charge is 2.52. The monoisotopic (exact) mass is 776 g/mol. The fraction of sp³-hybridized carbons (Fsp3) is 0.0169. The van der Waals surface area contributed by atoms with Crippen molar-refractivity contribution in [3.8, 4) is 33.4 Å². The summed E-state index contributed by atoms with van der Waals surface area (Å²) >= 11 is 0. The molecule has 2 aliphatic rings. The van der Waals surface area contributed by atoms with Gasteiger partial charge in [-0.2, -0.15) is 0 Å². The van der Waals surface area contributed by atoms with Crippen molar-refractivity contribution in [2.45, 2.75) is 5.41 Å². The van der Waals surface area contributed by atoms with Crippen LogP contribution in [0.25, 0.3) is 44.2 Å². The first-order valence-corrected chi connectivity index (χ1v) is 21.1. The first kappa shape index (κ1) is 35.0. The van der Waals surface area contributed by atoms with E-state index in [2.05, 4.69) is 252 Å². The Kier molecular flexibility index (Phi) is 8.11. The Balaban J connectivity index is 1.15. The highest BCUT2D eigenvalue weighted by Crippen LogP contribution is 2.65. The van der Waals surface area contributed by atoms with Crippen molar-refractivity contribution in [2.75, 3.05) is 9.80 Å². The summed E-state index contributed by atoms with van der Waals surface area (Å²) in [6, 6.07) is 89.1. The highest BCUT2D eigenvalue weighted by atomic mass is 15.2. The minimum absolute atomic E-state index is 0.572. The van der Waals surface area contributed by atoms with E-state index in [-0.39, 0.29) is 0 Å². The first-order valence-electron chi connectivity index (χ1n) is 21.1. The van der Waals surface area contributed by atoms with E-state index >= 15 is 0 Å². The second kappa shape index (κ2) is 14.1. The Morgan fingerprint density at radius 2 is 0.803 bits per heavy atom. The van der Waals surface area contributed by atoms with Gasteiger partial charge in [-0.15, -0.1) is 0 Å². The number of nitrogens with zero attached hydrogens (tertiary/aromatic N) is 2. The molecule has 1 heterocycles. The molecule has 0 aromatic heterocycles. The standard InChI is InChI=1S/C59H40N2/c1-3-19-41(20-4-1)42-37-39-44(40-38-42)47-26-10-14-32-53(47)61(54-35-17-22-43-21-7-8-25-46(43)54)57-36-18-31-52-58(57)48-27-9-11-28-49(48)59(52)50-29-12-15-33-55(50)60(45-23-5-2-6-24-45)56-34-16-13-30-51(56)59/h1-40H. The van der Waals surface area contributed by atoms with Crippen molar-refractivity contribution in [3.05, 3.63) is 265 Å². The maximum atomic E-state index is 2.54. The zero-order valence-corrected chi connectivity index (χ0v) is 33.5. The molecule has 286 valence electrons. The summed E-state index contributed by atoms with van der Waals surface area (Å²) in [5.41, 5.74) is 18.7. The minimum atomic E-state index is -0.572. The van der Waals surface area contributed by atoms with Gasteiger partial charge in [0.15, 0.2) is 0 Å². The molecule has 0 radical (unpaired) electrons. The molecule has 0 fully saturated rings. The highest BCUT2D eigenvalue weighted by molar-refractivity contribution is 6.06. The SMILES string of the molecule is c1ccc(-c2ccc(-c3ccccc3N(c3cccc4c3-c3ccccc3C43c4ccccc4N(c4ccccc4)c4ccccc43)c3cccc4ccccc34)cc2)cc1. The Labute approximate surface area is 356 Å². The third-order valence-electron chi connectivity index (χ3n) is 12.9. The smallest absolute Gasteiger partial charge is 0.0755 e. The van der Waals surface area contributed by atoms with E-state index in [1.54, 1.807) is 0 Å². The van der Waals surface area contributed by atoms with Crippen LogP contribution in [0.4, 0.5) is 34.1 Å². The number of hydrogen-bond donors (Lipinski definition) is 0. The maximum absolute atomic E-state index is 2.54.